The zero-order chi connectivity index (χ0) is 10.1. The van der Waals surface area contributed by atoms with E-state index in [9.17, 15) is 4.79 Å². The highest BCUT2D eigenvalue weighted by Gasteiger charge is 1.93. The minimum absolute atomic E-state index is 0.499. The van der Waals surface area contributed by atoms with Crippen LogP contribution in [0.25, 0.3) is 0 Å². The second-order valence-corrected chi connectivity index (χ2v) is 3.10. The highest BCUT2D eigenvalue weighted by molar-refractivity contribution is 5.36. The summed E-state index contributed by atoms with van der Waals surface area (Å²) >= 11 is 0. The first-order valence-electron chi connectivity index (χ1n) is 4.88. The van der Waals surface area contributed by atoms with Gasteiger partial charge in [-0.3, -0.25) is 9.78 Å². The Kier molecular flexibility index (Phi) is 5.40. The van der Waals surface area contributed by atoms with Gasteiger partial charge in [-0.2, -0.15) is 0 Å². The lowest BCUT2D eigenvalue weighted by Gasteiger charge is -2.00. The fraction of sp³-hybridized carbons (Fsp3) is 0.455. The maximum atomic E-state index is 9.83. The lowest BCUT2D eigenvalue weighted by atomic mass is 10.1. The van der Waals surface area contributed by atoms with Crippen molar-refractivity contribution < 1.29 is 9.53 Å². The first kappa shape index (κ1) is 10.7. The molecule has 0 aromatic carbocycles. The van der Waals surface area contributed by atoms with Gasteiger partial charge in [0.05, 0.1) is 6.61 Å². The second kappa shape index (κ2) is 7.06. The van der Waals surface area contributed by atoms with E-state index in [2.05, 4.69) is 9.72 Å². The molecule has 0 saturated carbocycles. The quantitative estimate of drug-likeness (QED) is 0.491. The molecule has 0 fully saturated rings. The Morgan fingerprint density at radius 2 is 2.21 bits per heavy atom. The maximum Gasteiger partial charge on any atom is 0.293 e. The Hall–Kier alpha value is -1.38. The van der Waals surface area contributed by atoms with Gasteiger partial charge in [0.1, 0.15) is 0 Å². The Bertz CT molecular complexity index is 249. The van der Waals surface area contributed by atoms with Crippen molar-refractivity contribution in [1.29, 1.82) is 0 Å². The summed E-state index contributed by atoms with van der Waals surface area (Å²) in [6.07, 6.45) is 5.92. The number of hydrogen-bond donors (Lipinski definition) is 0. The van der Waals surface area contributed by atoms with Crippen LogP contribution in [-0.2, 0) is 16.0 Å². The van der Waals surface area contributed by atoms with E-state index >= 15 is 0 Å². The predicted octanol–water partition coefficient (Wildman–Crippen LogP) is 1.97. The molecular formula is C11H15NO2. The average molecular weight is 193 g/mol. The van der Waals surface area contributed by atoms with Crippen molar-refractivity contribution >= 4 is 6.47 Å². The van der Waals surface area contributed by atoms with Crippen LogP contribution in [0.1, 0.15) is 25.0 Å². The fourth-order valence-electron chi connectivity index (χ4n) is 1.26. The van der Waals surface area contributed by atoms with Crippen LogP contribution in [0.2, 0.25) is 0 Å². The van der Waals surface area contributed by atoms with Crippen LogP contribution in [-0.4, -0.2) is 18.1 Å². The molecule has 0 saturated heterocycles. The molecule has 0 aliphatic carbocycles. The van der Waals surface area contributed by atoms with E-state index in [1.54, 1.807) is 0 Å². The number of ether oxygens (including phenoxy) is 1. The second-order valence-electron chi connectivity index (χ2n) is 3.10. The summed E-state index contributed by atoms with van der Waals surface area (Å²) in [5.74, 6) is 0. The maximum absolute atomic E-state index is 9.83. The van der Waals surface area contributed by atoms with Crippen LogP contribution >= 0.6 is 0 Å². The molecule has 3 heteroatoms. The topological polar surface area (TPSA) is 39.2 Å². The van der Waals surface area contributed by atoms with Crippen LogP contribution in [0.4, 0.5) is 0 Å². The lowest BCUT2D eigenvalue weighted by Crippen LogP contribution is -1.93. The number of rotatable bonds is 7. The Morgan fingerprint density at radius 1 is 1.29 bits per heavy atom. The third-order valence-electron chi connectivity index (χ3n) is 1.99. The van der Waals surface area contributed by atoms with Crippen LogP contribution in [0.3, 0.4) is 0 Å². The van der Waals surface area contributed by atoms with Crippen LogP contribution in [0.15, 0.2) is 24.4 Å². The third-order valence-corrected chi connectivity index (χ3v) is 1.99. The Labute approximate surface area is 84.1 Å². The van der Waals surface area contributed by atoms with Gasteiger partial charge in [-0.15, -0.1) is 0 Å². The number of carbonyl (C=O) groups excluding carboxylic acids is 1. The van der Waals surface area contributed by atoms with Crippen molar-refractivity contribution in [3.63, 3.8) is 0 Å². The summed E-state index contributed by atoms with van der Waals surface area (Å²) in [7, 11) is 0. The smallest absolute Gasteiger partial charge is 0.293 e. The molecule has 0 spiro atoms. The molecule has 0 bridgehead atoms. The molecule has 0 radical (unpaired) electrons. The van der Waals surface area contributed by atoms with E-state index < -0.39 is 0 Å². The van der Waals surface area contributed by atoms with Crippen molar-refractivity contribution in [1.82, 2.24) is 4.98 Å². The number of unbranched alkanes of at least 4 members (excludes halogenated alkanes) is 2. The monoisotopic (exact) mass is 193 g/mol. The highest BCUT2D eigenvalue weighted by Crippen LogP contribution is 2.03. The molecule has 0 aliphatic rings. The highest BCUT2D eigenvalue weighted by atomic mass is 16.5. The molecule has 1 rings (SSSR count). The molecule has 3 nitrogen and oxygen atoms in total. The fourth-order valence-corrected chi connectivity index (χ4v) is 1.26. The van der Waals surface area contributed by atoms with Crippen molar-refractivity contribution in [2.24, 2.45) is 0 Å². The first-order valence-corrected chi connectivity index (χ1v) is 4.88. The summed E-state index contributed by atoms with van der Waals surface area (Å²) < 4.78 is 4.59. The average Bonchev–Trinajstić information content (AvgIpc) is 2.25. The SMILES string of the molecule is O=COCCCCCc1ccccn1. The summed E-state index contributed by atoms with van der Waals surface area (Å²) in [5, 5.41) is 0. The number of carbonyl (C=O) groups is 1. The van der Waals surface area contributed by atoms with Crippen LogP contribution in [0, 0.1) is 0 Å². The zero-order valence-electron chi connectivity index (χ0n) is 8.19. The summed E-state index contributed by atoms with van der Waals surface area (Å²) in [6.45, 7) is 1.03. The van der Waals surface area contributed by atoms with E-state index in [4.69, 9.17) is 0 Å². The molecule has 0 unspecified atom stereocenters. The van der Waals surface area contributed by atoms with Crippen molar-refractivity contribution in [3.05, 3.63) is 30.1 Å². The molecule has 1 aromatic rings. The molecule has 0 atom stereocenters. The summed E-state index contributed by atoms with van der Waals surface area (Å²) in [5.41, 5.74) is 1.13. The van der Waals surface area contributed by atoms with Crippen molar-refractivity contribution in [3.8, 4) is 0 Å². The van der Waals surface area contributed by atoms with Gasteiger partial charge in [-0.05, 0) is 37.8 Å². The van der Waals surface area contributed by atoms with Crippen LogP contribution < -0.4 is 0 Å². The molecule has 1 heterocycles. The number of hydrogen-bond acceptors (Lipinski definition) is 3. The van der Waals surface area contributed by atoms with Gasteiger partial charge in [-0.25, -0.2) is 0 Å². The Morgan fingerprint density at radius 3 is 2.93 bits per heavy atom. The minimum Gasteiger partial charge on any atom is -0.468 e. The van der Waals surface area contributed by atoms with Gasteiger partial charge in [0.15, 0.2) is 0 Å². The van der Waals surface area contributed by atoms with Gasteiger partial charge in [-0.1, -0.05) is 6.07 Å². The van der Waals surface area contributed by atoms with Gasteiger partial charge in [0.25, 0.3) is 6.47 Å². The zero-order valence-corrected chi connectivity index (χ0v) is 8.19. The predicted molar refractivity (Wildman–Crippen MR) is 53.8 cm³/mol. The molecule has 0 amide bonds. The van der Waals surface area contributed by atoms with E-state index in [-0.39, 0.29) is 0 Å². The molecule has 0 aliphatic heterocycles. The van der Waals surface area contributed by atoms with E-state index in [0.29, 0.717) is 13.1 Å². The number of nitrogens with zero attached hydrogens (tertiary/aromatic N) is 1. The third kappa shape index (κ3) is 4.60. The number of aromatic nitrogens is 1. The molecular weight excluding hydrogens is 178 g/mol. The largest absolute Gasteiger partial charge is 0.468 e. The van der Waals surface area contributed by atoms with Gasteiger partial charge >= 0.3 is 0 Å². The molecule has 0 N–H and O–H groups in total. The summed E-state index contributed by atoms with van der Waals surface area (Å²) in [6, 6.07) is 5.95. The van der Waals surface area contributed by atoms with E-state index in [0.717, 1.165) is 31.4 Å². The molecule has 14 heavy (non-hydrogen) atoms. The minimum atomic E-state index is 0.499. The van der Waals surface area contributed by atoms with Gasteiger partial charge in [0.2, 0.25) is 0 Å². The number of aryl methyl sites for hydroxylation is 1. The normalized spacial score (nSPS) is 9.71. The standard InChI is InChI=1S/C11H15NO2/c13-10-14-9-5-1-2-6-11-7-3-4-8-12-11/h3-4,7-8,10H,1-2,5-6,9H2. The van der Waals surface area contributed by atoms with Crippen LogP contribution in [0.5, 0.6) is 0 Å². The summed E-state index contributed by atoms with van der Waals surface area (Å²) in [4.78, 5) is 14.1. The van der Waals surface area contributed by atoms with Crippen molar-refractivity contribution in [2.75, 3.05) is 6.61 Å². The van der Waals surface area contributed by atoms with Gasteiger partial charge < -0.3 is 4.74 Å². The van der Waals surface area contributed by atoms with Gasteiger partial charge in [0, 0.05) is 11.9 Å². The van der Waals surface area contributed by atoms with E-state index in [1.165, 1.54) is 0 Å². The first-order chi connectivity index (χ1) is 6.93. The Balaban J connectivity index is 2.02. The number of pyridine rings is 1. The lowest BCUT2D eigenvalue weighted by molar-refractivity contribution is -0.128. The van der Waals surface area contributed by atoms with E-state index in [1.807, 2.05) is 24.4 Å². The molecule has 76 valence electrons. The molecule has 1 aromatic heterocycles. The van der Waals surface area contributed by atoms with Crippen molar-refractivity contribution in [2.45, 2.75) is 25.7 Å².